The van der Waals surface area contributed by atoms with Gasteiger partial charge in [0.05, 0.1) is 0 Å². The highest BCUT2D eigenvalue weighted by atomic mass is 15.1. The van der Waals surface area contributed by atoms with Crippen LogP contribution in [0.25, 0.3) is 21.5 Å². The highest BCUT2D eigenvalue weighted by Crippen LogP contribution is 2.26. The summed E-state index contributed by atoms with van der Waals surface area (Å²) in [7, 11) is 2.16. The average molecular weight is 398 g/mol. The van der Waals surface area contributed by atoms with Crippen LogP contribution in [0.5, 0.6) is 0 Å². The van der Waals surface area contributed by atoms with E-state index in [9.17, 15) is 0 Å². The molecular formula is C27H31N3. The molecule has 30 heavy (non-hydrogen) atoms. The molecular weight excluding hydrogens is 366 g/mol. The third kappa shape index (κ3) is 4.54. The van der Waals surface area contributed by atoms with Crippen LogP contribution in [0.15, 0.2) is 84.9 Å². The first-order chi connectivity index (χ1) is 14.6. The molecule has 4 N–H and O–H groups in total. The van der Waals surface area contributed by atoms with E-state index in [1.54, 1.807) is 0 Å². The maximum absolute atomic E-state index is 6.57. The quantitative estimate of drug-likeness (QED) is 0.418. The van der Waals surface area contributed by atoms with E-state index < -0.39 is 0 Å². The molecule has 0 aliphatic rings. The van der Waals surface area contributed by atoms with Gasteiger partial charge >= 0.3 is 0 Å². The van der Waals surface area contributed by atoms with Crippen LogP contribution in [-0.2, 0) is 0 Å². The van der Waals surface area contributed by atoms with Crippen molar-refractivity contribution in [3.63, 3.8) is 0 Å². The molecule has 0 saturated carbocycles. The zero-order chi connectivity index (χ0) is 20.9. The SMILES string of the molecule is CN(CCC(N)c1cccc2ccccc12)CCC(N)c1cccc2ccccc12. The smallest absolute Gasteiger partial charge is 0.0313 e. The van der Waals surface area contributed by atoms with E-state index in [2.05, 4.69) is 96.9 Å². The fraction of sp³-hybridized carbons (Fsp3) is 0.259. The maximum atomic E-state index is 6.57. The van der Waals surface area contributed by atoms with Gasteiger partial charge in [-0.2, -0.15) is 0 Å². The monoisotopic (exact) mass is 397 g/mol. The Morgan fingerprint density at radius 1 is 0.600 bits per heavy atom. The Hall–Kier alpha value is -2.72. The van der Waals surface area contributed by atoms with Gasteiger partial charge in [0.1, 0.15) is 0 Å². The van der Waals surface area contributed by atoms with Gasteiger partial charge in [-0.15, -0.1) is 0 Å². The molecule has 0 spiro atoms. The summed E-state index contributed by atoms with van der Waals surface area (Å²) in [4.78, 5) is 2.34. The van der Waals surface area contributed by atoms with E-state index in [0.29, 0.717) is 0 Å². The molecule has 0 aliphatic heterocycles. The van der Waals surface area contributed by atoms with Crippen molar-refractivity contribution in [1.82, 2.24) is 4.90 Å². The Balaban J connectivity index is 1.34. The minimum atomic E-state index is 0.0327. The largest absolute Gasteiger partial charge is 0.324 e. The van der Waals surface area contributed by atoms with Crippen molar-refractivity contribution in [3.05, 3.63) is 96.1 Å². The molecule has 154 valence electrons. The fourth-order valence-electron chi connectivity index (χ4n) is 4.29. The molecule has 0 amide bonds. The third-order valence-electron chi connectivity index (χ3n) is 6.09. The molecule has 0 heterocycles. The lowest BCUT2D eigenvalue weighted by molar-refractivity contribution is 0.306. The van der Waals surface area contributed by atoms with Crippen LogP contribution in [0, 0.1) is 0 Å². The summed E-state index contributed by atoms with van der Waals surface area (Å²) in [5.74, 6) is 0. The van der Waals surface area contributed by atoms with Gasteiger partial charge in [-0.05, 0) is 65.7 Å². The van der Waals surface area contributed by atoms with Gasteiger partial charge in [0.25, 0.3) is 0 Å². The van der Waals surface area contributed by atoms with Crippen molar-refractivity contribution in [1.29, 1.82) is 0 Å². The Kier molecular flexibility index (Phi) is 6.44. The molecule has 0 aromatic heterocycles. The molecule has 0 radical (unpaired) electrons. The summed E-state index contributed by atoms with van der Waals surface area (Å²) in [5.41, 5.74) is 15.6. The predicted molar refractivity (Wildman–Crippen MR) is 128 cm³/mol. The van der Waals surface area contributed by atoms with Crippen LogP contribution in [0.3, 0.4) is 0 Å². The van der Waals surface area contributed by atoms with E-state index >= 15 is 0 Å². The van der Waals surface area contributed by atoms with Gasteiger partial charge in [-0.25, -0.2) is 0 Å². The zero-order valence-electron chi connectivity index (χ0n) is 17.7. The first-order valence-electron chi connectivity index (χ1n) is 10.8. The number of nitrogens with two attached hydrogens (primary N) is 2. The van der Waals surface area contributed by atoms with Crippen LogP contribution in [-0.4, -0.2) is 25.0 Å². The fourth-order valence-corrected chi connectivity index (χ4v) is 4.29. The van der Waals surface area contributed by atoms with Gasteiger partial charge in [0.15, 0.2) is 0 Å². The number of benzene rings is 4. The molecule has 0 saturated heterocycles. The van der Waals surface area contributed by atoms with E-state index in [-0.39, 0.29) is 12.1 Å². The van der Waals surface area contributed by atoms with Crippen molar-refractivity contribution in [2.75, 3.05) is 20.1 Å². The number of hydrogen-bond donors (Lipinski definition) is 2. The van der Waals surface area contributed by atoms with Crippen molar-refractivity contribution >= 4 is 21.5 Å². The number of fused-ring (bicyclic) bond motifs is 2. The highest BCUT2D eigenvalue weighted by molar-refractivity contribution is 5.86. The van der Waals surface area contributed by atoms with Crippen molar-refractivity contribution in [3.8, 4) is 0 Å². The Labute approximate surface area is 179 Å². The van der Waals surface area contributed by atoms with E-state index in [1.165, 1.54) is 32.7 Å². The van der Waals surface area contributed by atoms with Gasteiger partial charge in [-0.1, -0.05) is 84.9 Å². The zero-order valence-corrected chi connectivity index (χ0v) is 17.7. The minimum absolute atomic E-state index is 0.0327. The topological polar surface area (TPSA) is 55.3 Å². The molecule has 3 heteroatoms. The van der Waals surface area contributed by atoms with E-state index in [1.807, 2.05) is 0 Å². The molecule has 0 aliphatic carbocycles. The molecule has 0 fully saturated rings. The highest BCUT2D eigenvalue weighted by Gasteiger charge is 2.13. The average Bonchev–Trinajstić information content (AvgIpc) is 2.80. The minimum Gasteiger partial charge on any atom is -0.324 e. The second-order valence-corrected chi connectivity index (χ2v) is 8.23. The summed E-state index contributed by atoms with van der Waals surface area (Å²) in [6.45, 7) is 1.90. The van der Waals surface area contributed by atoms with Crippen molar-refractivity contribution in [2.24, 2.45) is 11.5 Å². The predicted octanol–water partition coefficient (Wildman–Crippen LogP) is 5.40. The van der Waals surface area contributed by atoms with Crippen LogP contribution >= 0.6 is 0 Å². The van der Waals surface area contributed by atoms with Crippen LogP contribution in [0.2, 0.25) is 0 Å². The lowest BCUT2D eigenvalue weighted by Gasteiger charge is -2.22. The molecule has 4 rings (SSSR count). The Bertz CT molecular complexity index is 1020. The van der Waals surface area contributed by atoms with E-state index in [0.717, 1.165) is 25.9 Å². The second-order valence-electron chi connectivity index (χ2n) is 8.23. The Morgan fingerprint density at radius 2 is 1.00 bits per heavy atom. The van der Waals surface area contributed by atoms with Gasteiger partial charge in [0, 0.05) is 12.1 Å². The molecule has 4 aromatic carbocycles. The first-order valence-corrected chi connectivity index (χ1v) is 10.8. The summed E-state index contributed by atoms with van der Waals surface area (Å²) < 4.78 is 0. The van der Waals surface area contributed by atoms with Gasteiger partial charge in [-0.3, -0.25) is 0 Å². The van der Waals surface area contributed by atoms with Crippen LogP contribution in [0.1, 0.15) is 36.1 Å². The normalized spacial score (nSPS) is 13.7. The van der Waals surface area contributed by atoms with Crippen LogP contribution < -0.4 is 11.5 Å². The second kappa shape index (κ2) is 9.40. The van der Waals surface area contributed by atoms with E-state index in [4.69, 9.17) is 11.5 Å². The lowest BCUT2D eigenvalue weighted by atomic mass is 9.96. The first kappa shape index (κ1) is 20.5. The number of hydrogen-bond acceptors (Lipinski definition) is 3. The third-order valence-corrected chi connectivity index (χ3v) is 6.09. The molecule has 2 unspecified atom stereocenters. The summed E-state index contributed by atoms with van der Waals surface area (Å²) in [6, 6.07) is 29.8. The molecule has 4 aromatic rings. The summed E-state index contributed by atoms with van der Waals surface area (Å²) >= 11 is 0. The maximum Gasteiger partial charge on any atom is 0.0313 e. The standard InChI is InChI=1S/C27H31N3/c1-30(18-16-26(28)24-14-6-10-20-8-2-4-12-22(20)24)19-17-27(29)25-15-7-11-21-9-3-5-13-23(21)25/h2-15,26-27H,16-19,28-29H2,1H3. The van der Waals surface area contributed by atoms with Crippen molar-refractivity contribution in [2.45, 2.75) is 24.9 Å². The molecule has 2 atom stereocenters. The number of nitrogens with zero attached hydrogens (tertiary/aromatic N) is 1. The summed E-state index contributed by atoms with van der Waals surface area (Å²) in [6.07, 6.45) is 1.85. The molecule has 0 bridgehead atoms. The van der Waals surface area contributed by atoms with Gasteiger partial charge in [0.2, 0.25) is 0 Å². The van der Waals surface area contributed by atoms with Crippen molar-refractivity contribution < 1.29 is 0 Å². The Morgan fingerprint density at radius 3 is 1.47 bits per heavy atom. The summed E-state index contributed by atoms with van der Waals surface area (Å²) in [5, 5.41) is 5.01. The molecule has 3 nitrogen and oxygen atoms in total. The van der Waals surface area contributed by atoms with Crippen LogP contribution in [0.4, 0.5) is 0 Å². The number of rotatable bonds is 8. The lowest BCUT2D eigenvalue weighted by Crippen LogP contribution is -2.27. The van der Waals surface area contributed by atoms with Gasteiger partial charge < -0.3 is 16.4 Å².